The summed E-state index contributed by atoms with van der Waals surface area (Å²) in [4.78, 5) is 19.2. The van der Waals surface area contributed by atoms with Crippen molar-refractivity contribution in [2.24, 2.45) is 5.41 Å². The van der Waals surface area contributed by atoms with Crippen LogP contribution in [0.2, 0.25) is 0 Å². The van der Waals surface area contributed by atoms with Gasteiger partial charge in [0.25, 0.3) is 5.91 Å². The quantitative estimate of drug-likeness (QED) is 0.847. The number of hydrogen-bond acceptors (Lipinski definition) is 3. The van der Waals surface area contributed by atoms with Crippen LogP contribution in [0.1, 0.15) is 47.3 Å². The lowest BCUT2D eigenvalue weighted by Crippen LogP contribution is -2.45. The highest BCUT2D eigenvalue weighted by atomic mass is 16.5. The van der Waals surface area contributed by atoms with Crippen LogP contribution in [-0.2, 0) is 11.2 Å². The van der Waals surface area contributed by atoms with E-state index >= 15 is 0 Å². The zero-order valence-corrected chi connectivity index (χ0v) is 15.2. The van der Waals surface area contributed by atoms with Crippen LogP contribution in [0.3, 0.4) is 0 Å². The molecule has 0 atom stereocenters. The van der Waals surface area contributed by atoms with Crippen LogP contribution >= 0.6 is 0 Å². The number of carbonyl (C=O) groups is 1. The predicted octanol–water partition coefficient (Wildman–Crippen LogP) is 3.71. The topological polar surface area (TPSA) is 42.4 Å². The molecule has 1 spiro atoms. The molecule has 3 heterocycles. The molecule has 0 radical (unpaired) electrons. The van der Waals surface area contributed by atoms with Crippen molar-refractivity contribution >= 4 is 5.91 Å². The summed E-state index contributed by atoms with van der Waals surface area (Å²) >= 11 is 0. The first kappa shape index (κ1) is 17.2. The Balaban J connectivity index is 1.36. The van der Waals surface area contributed by atoms with Gasteiger partial charge >= 0.3 is 0 Å². The molecule has 4 heteroatoms. The van der Waals surface area contributed by atoms with Gasteiger partial charge in [-0.2, -0.15) is 0 Å². The summed E-state index contributed by atoms with van der Waals surface area (Å²) in [7, 11) is 0. The van der Waals surface area contributed by atoms with Crippen molar-refractivity contribution in [3.8, 4) is 0 Å². The summed E-state index contributed by atoms with van der Waals surface area (Å²) in [5.74, 6) is 0.0678. The van der Waals surface area contributed by atoms with Crippen LogP contribution in [-0.4, -0.2) is 42.1 Å². The summed E-state index contributed by atoms with van der Waals surface area (Å²) in [6.45, 7) is 3.43. The third kappa shape index (κ3) is 3.80. The largest absolute Gasteiger partial charge is 0.381 e. The van der Waals surface area contributed by atoms with Crippen molar-refractivity contribution in [2.75, 3.05) is 26.3 Å². The van der Waals surface area contributed by atoms with Crippen molar-refractivity contribution in [3.63, 3.8) is 0 Å². The summed E-state index contributed by atoms with van der Waals surface area (Å²) in [5, 5.41) is 0. The molecule has 2 saturated heterocycles. The van der Waals surface area contributed by atoms with Crippen LogP contribution in [0.4, 0.5) is 0 Å². The molecule has 0 N–H and O–H groups in total. The fourth-order valence-corrected chi connectivity index (χ4v) is 4.14. The number of hydrogen-bond donors (Lipinski definition) is 0. The highest BCUT2D eigenvalue weighted by molar-refractivity contribution is 5.92. The number of pyridine rings is 1. The maximum Gasteiger partial charge on any atom is 0.272 e. The van der Waals surface area contributed by atoms with Crippen molar-refractivity contribution in [2.45, 2.75) is 32.1 Å². The molecule has 4 rings (SSSR count). The van der Waals surface area contributed by atoms with Crippen molar-refractivity contribution in [1.82, 2.24) is 9.88 Å². The minimum absolute atomic E-state index is 0.0678. The van der Waals surface area contributed by atoms with Crippen LogP contribution in [0.25, 0.3) is 0 Å². The second-order valence-corrected chi connectivity index (χ2v) is 7.62. The average Bonchev–Trinajstić information content (AvgIpc) is 2.70. The molecule has 1 aromatic heterocycles. The van der Waals surface area contributed by atoms with E-state index in [0.717, 1.165) is 64.0 Å². The fraction of sp³-hybridized carbons (Fsp3) is 0.455. The van der Waals surface area contributed by atoms with Gasteiger partial charge < -0.3 is 9.64 Å². The normalized spacial score (nSPS) is 19.5. The van der Waals surface area contributed by atoms with E-state index in [1.165, 1.54) is 5.56 Å². The van der Waals surface area contributed by atoms with Crippen molar-refractivity contribution < 1.29 is 9.53 Å². The second kappa shape index (κ2) is 7.58. The van der Waals surface area contributed by atoms with Gasteiger partial charge in [-0.3, -0.25) is 9.78 Å². The van der Waals surface area contributed by atoms with Gasteiger partial charge in [-0.05, 0) is 54.7 Å². The Kier molecular flexibility index (Phi) is 5.02. The third-order valence-electron chi connectivity index (χ3n) is 5.96. The number of likely N-dealkylation sites (tertiary alicyclic amines) is 1. The first-order valence-corrected chi connectivity index (χ1v) is 9.60. The Morgan fingerprint density at radius 1 is 0.962 bits per heavy atom. The van der Waals surface area contributed by atoms with Gasteiger partial charge in [0, 0.05) is 32.5 Å². The summed E-state index contributed by atoms with van der Waals surface area (Å²) < 4.78 is 5.50. The minimum Gasteiger partial charge on any atom is -0.381 e. The number of aromatic nitrogens is 1. The molecular weight excluding hydrogens is 324 g/mol. The lowest BCUT2D eigenvalue weighted by molar-refractivity contribution is -0.0176. The highest BCUT2D eigenvalue weighted by Gasteiger charge is 2.37. The zero-order chi connectivity index (χ0) is 17.8. The number of rotatable bonds is 3. The van der Waals surface area contributed by atoms with E-state index in [2.05, 4.69) is 17.1 Å². The van der Waals surface area contributed by atoms with Gasteiger partial charge in [0.15, 0.2) is 0 Å². The van der Waals surface area contributed by atoms with E-state index in [0.29, 0.717) is 11.1 Å². The maximum atomic E-state index is 12.8. The molecule has 1 amide bonds. The average molecular weight is 350 g/mol. The van der Waals surface area contributed by atoms with Crippen LogP contribution < -0.4 is 0 Å². The lowest BCUT2D eigenvalue weighted by Gasteiger charge is -2.44. The number of ether oxygens (including phenoxy) is 1. The fourth-order valence-electron chi connectivity index (χ4n) is 4.14. The summed E-state index contributed by atoms with van der Waals surface area (Å²) in [5.41, 5.74) is 3.35. The molecule has 2 fully saturated rings. The molecule has 0 unspecified atom stereocenters. The maximum absolute atomic E-state index is 12.8. The minimum atomic E-state index is 0.0678. The first-order valence-electron chi connectivity index (χ1n) is 9.60. The Morgan fingerprint density at radius 2 is 1.69 bits per heavy atom. The van der Waals surface area contributed by atoms with E-state index in [4.69, 9.17) is 4.74 Å². The molecule has 136 valence electrons. The number of benzene rings is 1. The molecule has 2 aromatic rings. The van der Waals surface area contributed by atoms with Gasteiger partial charge in [0.1, 0.15) is 5.69 Å². The second-order valence-electron chi connectivity index (χ2n) is 7.62. The van der Waals surface area contributed by atoms with Gasteiger partial charge in [-0.25, -0.2) is 0 Å². The number of carbonyl (C=O) groups excluding carboxylic acids is 1. The summed E-state index contributed by atoms with van der Waals surface area (Å²) in [6.07, 6.45) is 7.14. The Hall–Kier alpha value is -2.20. The van der Waals surface area contributed by atoms with Crippen molar-refractivity contribution in [3.05, 3.63) is 65.5 Å². The van der Waals surface area contributed by atoms with Crippen LogP contribution in [0.15, 0.2) is 48.7 Å². The molecule has 4 nitrogen and oxygen atoms in total. The molecule has 2 aliphatic heterocycles. The van der Waals surface area contributed by atoms with Crippen LogP contribution in [0.5, 0.6) is 0 Å². The van der Waals surface area contributed by atoms with E-state index in [1.54, 1.807) is 0 Å². The van der Waals surface area contributed by atoms with E-state index in [9.17, 15) is 4.79 Å². The van der Waals surface area contributed by atoms with Crippen molar-refractivity contribution in [1.29, 1.82) is 0 Å². The van der Waals surface area contributed by atoms with E-state index in [1.807, 2.05) is 41.4 Å². The summed E-state index contributed by atoms with van der Waals surface area (Å²) in [6, 6.07) is 14.2. The lowest BCUT2D eigenvalue weighted by atomic mass is 9.72. The number of amides is 1. The molecule has 0 aliphatic carbocycles. The molecule has 1 aromatic carbocycles. The molecule has 0 bridgehead atoms. The van der Waals surface area contributed by atoms with E-state index < -0.39 is 0 Å². The highest BCUT2D eigenvalue weighted by Crippen LogP contribution is 2.40. The van der Waals surface area contributed by atoms with Gasteiger partial charge in [-0.15, -0.1) is 0 Å². The van der Waals surface area contributed by atoms with Crippen LogP contribution in [0, 0.1) is 5.41 Å². The SMILES string of the molecule is O=C(c1ccc(Cc2ccccc2)cn1)N1CCC2(CCOCC2)CC1. The predicted molar refractivity (Wildman–Crippen MR) is 101 cm³/mol. The number of nitrogens with zero attached hydrogens (tertiary/aromatic N) is 2. The van der Waals surface area contributed by atoms with Gasteiger partial charge in [0.2, 0.25) is 0 Å². The molecule has 2 aliphatic rings. The number of piperidine rings is 1. The monoisotopic (exact) mass is 350 g/mol. The van der Waals surface area contributed by atoms with E-state index in [-0.39, 0.29) is 5.91 Å². The van der Waals surface area contributed by atoms with Gasteiger partial charge in [-0.1, -0.05) is 36.4 Å². The Morgan fingerprint density at radius 3 is 2.35 bits per heavy atom. The molecule has 26 heavy (non-hydrogen) atoms. The standard InChI is InChI=1S/C22H26N2O2/c25-21(24-12-8-22(9-13-24)10-14-26-15-11-22)20-7-6-19(17-23-20)16-18-4-2-1-3-5-18/h1-7,17H,8-16H2. The van der Waals surface area contributed by atoms with Gasteiger partial charge in [0.05, 0.1) is 0 Å². The smallest absolute Gasteiger partial charge is 0.272 e. The Bertz CT molecular complexity index is 726. The molecular formula is C22H26N2O2. The third-order valence-corrected chi connectivity index (χ3v) is 5.96. The molecule has 0 saturated carbocycles. The first-order chi connectivity index (χ1) is 12.7. The Labute approximate surface area is 155 Å². The zero-order valence-electron chi connectivity index (χ0n) is 15.2.